The van der Waals surface area contributed by atoms with Gasteiger partial charge in [-0.25, -0.2) is 0 Å². The van der Waals surface area contributed by atoms with Crippen molar-refractivity contribution in [1.82, 2.24) is 10.2 Å². The van der Waals surface area contributed by atoms with Gasteiger partial charge in [0.1, 0.15) is 11.8 Å². The van der Waals surface area contributed by atoms with Crippen molar-refractivity contribution in [2.75, 3.05) is 26.9 Å². The molecule has 0 fully saturated rings. The molecule has 6 nitrogen and oxygen atoms in total. The Morgan fingerprint density at radius 3 is 2.30 bits per heavy atom. The molecule has 0 aliphatic rings. The molecule has 0 radical (unpaired) electrons. The lowest BCUT2D eigenvalue weighted by atomic mass is 10.1. The molecule has 2 amide bonds. The maximum absolute atomic E-state index is 12.8. The van der Waals surface area contributed by atoms with Crippen molar-refractivity contribution in [2.24, 2.45) is 0 Å². The summed E-state index contributed by atoms with van der Waals surface area (Å²) in [5.74, 6) is 0.135. The van der Waals surface area contributed by atoms with Crippen LogP contribution >= 0.6 is 0 Å². The van der Waals surface area contributed by atoms with Crippen molar-refractivity contribution in [2.45, 2.75) is 19.5 Å². The summed E-state index contributed by atoms with van der Waals surface area (Å²) in [6.07, 6.45) is 0. The molecule has 2 aromatic rings. The summed E-state index contributed by atoms with van der Waals surface area (Å²) in [5.41, 5.74) is 0.946. The van der Waals surface area contributed by atoms with Crippen LogP contribution in [-0.4, -0.2) is 49.6 Å². The third-order valence-electron chi connectivity index (χ3n) is 4.07. The number of ether oxygens (including phenoxy) is 2. The van der Waals surface area contributed by atoms with Gasteiger partial charge in [0.05, 0.1) is 6.61 Å². The van der Waals surface area contributed by atoms with E-state index in [0.717, 1.165) is 5.56 Å². The summed E-state index contributed by atoms with van der Waals surface area (Å²) < 4.78 is 10.5. The Kier molecular flexibility index (Phi) is 8.32. The van der Waals surface area contributed by atoms with Crippen LogP contribution < -0.4 is 10.1 Å². The maximum Gasteiger partial charge on any atom is 0.261 e. The van der Waals surface area contributed by atoms with Crippen LogP contribution in [0.25, 0.3) is 0 Å². The summed E-state index contributed by atoms with van der Waals surface area (Å²) in [5, 5.41) is 2.78. The van der Waals surface area contributed by atoms with Gasteiger partial charge in [-0.3, -0.25) is 9.59 Å². The summed E-state index contributed by atoms with van der Waals surface area (Å²) in [6.45, 7) is 2.73. The fourth-order valence-electron chi connectivity index (χ4n) is 2.53. The fraction of sp³-hybridized carbons (Fsp3) is 0.333. The number of methoxy groups -OCH3 is 1. The van der Waals surface area contributed by atoms with E-state index in [1.807, 2.05) is 48.5 Å². The van der Waals surface area contributed by atoms with Crippen molar-refractivity contribution in [3.63, 3.8) is 0 Å². The molecule has 0 bridgehead atoms. The largest absolute Gasteiger partial charge is 0.484 e. The van der Waals surface area contributed by atoms with Crippen LogP contribution in [0.15, 0.2) is 60.7 Å². The van der Waals surface area contributed by atoms with Gasteiger partial charge >= 0.3 is 0 Å². The molecule has 1 N–H and O–H groups in total. The number of carbonyl (C=O) groups excluding carboxylic acids is 2. The molecule has 2 aromatic carbocycles. The van der Waals surface area contributed by atoms with E-state index in [4.69, 9.17) is 9.47 Å². The summed E-state index contributed by atoms with van der Waals surface area (Å²) >= 11 is 0. The van der Waals surface area contributed by atoms with E-state index in [1.165, 1.54) is 4.90 Å². The molecule has 0 saturated heterocycles. The molecule has 0 heterocycles. The molecule has 0 aliphatic heterocycles. The normalized spacial score (nSPS) is 11.5. The van der Waals surface area contributed by atoms with E-state index in [0.29, 0.717) is 25.4 Å². The lowest BCUT2D eigenvalue weighted by Gasteiger charge is -2.28. The van der Waals surface area contributed by atoms with E-state index in [-0.39, 0.29) is 18.4 Å². The number of nitrogens with one attached hydrogen (secondary N) is 1. The highest BCUT2D eigenvalue weighted by atomic mass is 16.5. The van der Waals surface area contributed by atoms with Crippen LogP contribution in [0.3, 0.4) is 0 Å². The SMILES string of the molecule is COCCNC(=O)C(C)N(Cc1ccccc1)C(=O)COc1ccccc1. The van der Waals surface area contributed by atoms with Crippen LogP contribution in [0.4, 0.5) is 0 Å². The maximum atomic E-state index is 12.8. The number of rotatable bonds is 10. The second-order valence-electron chi connectivity index (χ2n) is 6.07. The number of para-hydroxylation sites is 1. The van der Waals surface area contributed by atoms with Gasteiger partial charge in [-0.2, -0.15) is 0 Å². The zero-order valence-corrected chi connectivity index (χ0v) is 15.8. The Labute approximate surface area is 160 Å². The minimum absolute atomic E-state index is 0.132. The van der Waals surface area contributed by atoms with Gasteiger partial charge in [0.2, 0.25) is 5.91 Å². The number of hydrogen-bond donors (Lipinski definition) is 1. The Hall–Kier alpha value is -2.86. The lowest BCUT2D eigenvalue weighted by Crippen LogP contribution is -2.49. The third kappa shape index (κ3) is 6.75. The molecule has 0 spiro atoms. The average Bonchev–Trinajstić information content (AvgIpc) is 2.71. The van der Waals surface area contributed by atoms with Crippen LogP contribution in [-0.2, 0) is 20.9 Å². The summed E-state index contributed by atoms with van der Waals surface area (Å²) in [6, 6.07) is 18.1. The highest BCUT2D eigenvalue weighted by Crippen LogP contribution is 2.12. The Balaban J connectivity index is 2.05. The molecule has 144 valence electrons. The number of carbonyl (C=O) groups is 2. The van der Waals surface area contributed by atoms with Crippen molar-refractivity contribution in [3.8, 4) is 5.75 Å². The highest BCUT2D eigenvalue weighted by molar-refractivity contribution is 5.87. The average molecular weight is 370 g/mol. The monoisotopic (exact) mass is 370 g/mol. The van der Waals surface area contributed by atoms with Gasteiger partial charge in [-0.05, 0) is 24.6 Å². The molecule has 0 saturated carbocycles. The Morgan fingerprint density at radius 1 is 1.04 bits per heavy atom. The molecular formula is C21H26N2O4. The van der Waals surface area contributed by atoms with Crippen LogP contribution in [0, 0.1) is 0 Å². The smallest absolute Gasteiger partial charge is 0.261 e. The molecule has 27 heavy (non-hydrogen) atoms. The van der Waals surface area contributed by atoms with Crippen molar-refractivity contribution >= 4 is 11.8 Å². The lowest BCUT2D eigenvalue weighted by molar-refractivity contribution is -0.142. The molecule has 1 unspecified atom stereocenters. The number of benzene rings is 2. The molecular weight excluding hydrogens is 344 g/mol. The second kappa shape index (κ2) is 11.0. The summed E-state index contributed by atoms with van der Waals surface area (Å²) in [4.78, 5) is 26.7. The zero-order chi connectivity index (χ0) is 19.5. The first-order valence-electron chi connectivity index (χ1n) is 8.89. The summed E-state index contributed by atoms with van der Waals surface area (Å²) in [7, 11) is 1.57. The van der Waals surface area contributed by atoms with Gasteiger partial charge in [0.15, 0.2) is 6.61 Å². The van der Waals surface area contributed by atoms with E-state index in [1.54, 1.807) is 26.2 Å². The van der Waals surface area contributed by atoms with Crippen LogP contribution in [0.1, 0.15) is 12.5 Å². The fourth-order valence-corrected chi connectivity index (χ4v) is 2.53. The number of hydrogen-bond acceptors (Lipinski definition) is 4. The predicted octanol–water partition coefficient (Wildman–Crippen LogP) is 2.25. The first-order chi connectivity index (χ1) is 13.1. The molecule has 6 heteroatoms. The topological polar surface area (TPSA) is 67.9 Å². The zero-order valence-electron chi connectivity index (χ0n) is 15.8. The molecule has 0 aliphatic carbocycles. The second-order valence-corrected chi connectivity index (χ2v) is 6.07. The van der Waals surface area contributed by atoms with Gasteiger partial charge in [0.25, 0.3) is 5.91 Å². The van der Waals surface area contributed by atoms with Gasteiger partial charge < -0.3 is 19.7 Å². The number of amides is 2. The van der Waals surface area contributed by atoms with Crippen molar-refractivity contribution < 1.29 is 19.1 Å². The highest BCUT2D eigenvalue weighted by Gasteiger charge is 2.26. The van der Waals surface area contributed by atoms with Gasteiger partial charge in [0, 0.05) is 20.2 Å². The van der Waals surface area contributed by atoms with Gasteiger partial charge in [-0.1, -0.05) is 48.5 Å². The van der Waals surface area contributed by atoms with E-state index >= 15 is 0 Å². The predicted molar refractivity (Wildman–Crippen MR) is 103 cm³/mol. The quantitative estimate of drug-likeness (QED) is 0.652. The molecule has 2 rings (SSSR count). The van der Waals surface area contributed by atoms with Gasteiger partial charge in [-0.15, -0.1) is 0 Å². The molecule has 1 atom stereocenters. The minimum atomic E-state index is -0.631. The molecule has 0 aromatic heterocycles. The Morgan fingerprint density at radius 2 is 1.67 bits per heavy atom. The van der Waals surface area contributed by atoms with E-state index in [9.17, 15) is 9.59 Å². The van der Waals surface area contributed by atoms with Crippen LogP contribution in [0.5, 0.6) is 5.75 Å². The standard InChI is InChI=1S/C21H26N2O4/c1-17(21(25)22-13-14-26-2)23(15-18-9-5-3-6-10-18)20(24)16-27-19-11-7-4-8-12-19/h3-12,17H,13-16H2,1-2H3,(H,22,25). The van der Waals surface area contributed by atoms with Crippen molar-refractivity contribution in [3.05, 3.63) is 66.2 Å². The third-order valence-corrected chi connectivity index (χ3v) is 4.07. The first-order valence-corrected chi connectivity index (χ1v) is 8.89. The Bertz CT molecular complexity index is 707. The first kappa shape index (κ1) is 20.5. The van der Waals surface area contributed by atoms with Crippen LogP contribution in [0.2, 0.25) is 0 Å². The van der Waals surface area contributed by atoms with Crippen molar-refractivity contribution in [1.29, 1.82) is 0 Å². The van der Waals surface area contributed by atoms with E-state index in [2.05, 4.69) is 5.32 Å². The minimum Gasteiger partial charge on any atom is -0.484 e. The van der Waals surface area contributed by atoms with E-state index < -0.39 is 6.04 Å². The number of nitrogens with zero attached hydrogens (tertiary/aromatic N) is 1.